The van der Waals surface area contributed by atoms with Crippen molar-refractivity contribution in [2.75, 3.05) is 5.32 Å². The number of rotatable bonds is 6. The minimum Gasteiger partial charge on any atom is -0.309 e. The highest BCUT2D eigenvalue weighted by Crippen LogP contribution is 2.16. The molecule has 4 rings (SSSR count). The van der Waals surface area contributed by atoms with Gasteiger partial charge in [0.05, 0.1) is 18.4 Å². The standard InChI is InChI=1S/C18H16N6OS/c25-18(13-23-9-6-16(22-23)14-3-1-7-19-11-14)21-17-5-8-20-24(17)12-15-4-2-10-26-15/h1-11H,12-13H2,(H,21,25). The van der Waals surface area contributed by atoms with Gasteiger partial charge < -0.3 is 5.32 Å². The van der Waals surface area contributed by atoms with Crippen molar-refractivity contribution in [3.8, 4) is 11.3 Å². The quantitative estimate of drug-likeness (QED) is 0.571. The fourth-order valence-corrected chi connectivity index (χ4v) is 3.25. The summed E-state index contributed by atoms with van der Waals surface area (Å²) in [4.78, 5) is 17.6. The summed E-state index contributed by atoms with van der Waals surface area (Å²) in [6.45, 7) is 0.762. The van der Waals surface area contributed by atoms with Crippen LogP contribution in [0.25, 0.3) is 11.3 Å². The summed E-state index contributed by atoms with van der Waals surface area (Å²) in [6, 6.07) is 11.5. The lowest BCUT2D eigenvalue weighted by atomic mass is 10.2. The van der Waals surface area contributed by atoms with Crippen LogP contribution in [-0.2, 0) is 17.9 Å². The lowest BCUT2D eigenvalue weighted by Gasteiger charge is -2.08. The van der Waals surface area contributed by atoms with Gasteiger partial charge in [0.25, 0.3) is 0 Å². The molecule has 0 aliphatic rings. The Labute approximate surface area is 153 Å². The third kappa shape index (κ3) is 3.70. The molecule has 26 heavy (non-hydrogen) atoms. The van der Waals surface area contributed by atoms with Gasteiger partial charge >= 0.3 is 0 Å². The van der Waals surface area contributed by atoms with Crippen molar-refractivity contribution in [1.82, 2.24) is 24.5 Å². The van der Waals surface area contributed by atoms with Gasteiger partial charge in [-0.05, 0) is 29.6 Å². The zero-order valence-corrected chi connectivity index (χ0v) is 14.6. The average molecular weight is 364 g/mol. The number of thiophene rings is 1. The molecule has 1 amide bonds. The van der Waals surface area contributed by atoms with E-state index in [1.165, 1.54) is 4.88 Å². The van der Waals surface area contributed by atoms with Gasteiger partial charge in [-0.15, -0.1) is 11.3 Å². The van der Waals surface area contributed by atoms with Crippen LogP contribution in [0, 0.1) is 0 Å². The van der Waals surface area contributed by atoms with Gasteiger partial charge in [0.1, 0.15) is 12.4 Å². The number of anilines is 1. The van der Waals surface area contributed by atoms with Crippen molar-refractivity contribution in [1.29, 1.82) is 0 Å². The van der Waals surface area contributed by atoms with Crippen molar-refractivity contribution in [3.05, 3.63) is 71.4 Å². The third-order valence-electron chi connectivity index (χ3n) is 3.77. The largest absolute Gasteiger partial charge is 0.309 e. The van der Waals surface area contributed by atoms with E-state index in [1.807, 2.05) is 35.7 Å². The predicted molar refractivity (Wildman–Crippen MR) is 99.7 cm³/mol. The number of carbonyl (C=O) groups is 1. The molecule has 0 aromatic carbocycles. The molecule has 0 aliphatic heterocycles. The Kier molecular flexibility index (Phi) is 4.57. The van der Waals surface area contributed by atoms with Crippen LogP contribution in [0.5, 0.6) is 0 Å². The molecular formula is C18H16N6OS. The fraction of sp³-hybridized carbons (Fsp3) is 0.111. The van der Waals surface area contributed by atoms with Crippen LogP contribution in [0.15, 0.2) is 66.6 Å². The van der Waals surface area contributed by atoms with Crippen molar-refractivity contribution >= 4 is 23.1 Å². The van der Waals surface area contributed by atoms with Gasteiger partial charge in [0.15, 0.2) is 0 Å². The number of hydrogen-bond acceptors (Lipinski definition) is 5. The van der Waals surface area contributed by atoms with Gasteiger partial charge in [-0.2, -0.15) is 10.2 Å². The normalized spacial score (nSPS) is 10.8. The summed E-state index contributed by atoms with van der Waals surface area (Å²) >= 11 is 1.66. The number of carbonyl (C=O) groups excluding carboxylic acids is 1. The Balaban J connectivity index is 1.41. The Hall–Kier alpha value is -3.26. The molecule has 7 nitrogen and oxygen atoms in total. The molecule has 0 bridgehead atoms. The van der Waals surface area contributed by atoms with Gasteiger partial charge in [0, 0.05) is 35.1 Å². The first-order valence-electron chi connectivity index (χ1n) is 8.06. The zero-order chi connectivity index (χ0) is 17.8. The molecule has 1 N–H and O–H groups in total. The van der Waals surface area contributed by atoms with Crippen LogP contribution in [0.1, 0.15) is 4.88 Å². The molecular weight excluding hydrogens is 348 g/mol. The molecule has 0 saturated heterocycles. The first-order valence-corrected chi connectivity index (χ1v) is 8.94. The van der Waals surface area contributed by atoms with Crippen LogP contribution in [0.3, 0.4) is 0 Å². The lowest BCUT2D eigenvalue weighted by Crippen LogP contribution is -2.21. The van der Waals surface area contributed by atoms with Crippen molar-refractivity contribution < 1.29 is 4.79 Å². The summed E-state index contributed by atoms with van der Waals surface area (Å²) in [6.07, 6.45) is 6.92. The third-order valence-corrected chi connectivity index (χ3v) is 4.63. The monoisotopic (exact) mass is 364 g/mol. The predicted octanol–water partition coefficient (Wildman–Crippen LogP) is 2.89. The van der Waals surface area contributed by atoms with Gasteiger partial charge in [-0.3, -0.25) is 14.5 Å². The summed E-state index contributed by atoms with van der Waals surface area (Å²) in [7, 11) is 0. The molecule has 4 aromatic rings. The number of nitrogens with zero attached hydrogens (tertiary/aromatic N) is 5. The Bertz CT molecular complexity index is 990. The second kappa shape index (κ2) is 7.32. The smallest absolute Gasteiger partial charge is 0.247 e. The van der Waals surface area contributed by atoms with Crippen molar-refractivity contribution in [2.24, 2.45) is 0 Å². The molecule has 4 heterocycles. The minimum atomic E-state index is -0.154. The highest BCUT2D eigenvalue weighted by Gasteiger charge is 2.10. The topological polar surface area (TPSA) is 77.6 Å². The Morgan fingerprint density at radius 2 is 2.12 bits per heavy atom. The number of amides is 1. The first-order chi connectivity index (χ1) is 12.8. The molecule has 0 radical (unpaired) electrons. The maximum Gasteiger partial charge on any atom is 0.247 e. The summed E-state index contributed by atoms with van der Waals surface area (Å²) < 4.78 is 3.38. The van der Waals surface area contributed by atoms with E-state index in [-0.39, 0.29) is 12.5 Å². The van der Waals surface area contributed by atoms with E-state index in [2.05, 4.69) is 20.5 Å². The summed E-state index contributed by atoms with van der Waals surface area (Å²) in [5.74, 6) is 0.516. The van der Waals surface area contributed by atoms with Crippen molar-refractivity contribution in [3.63, 3.8) is 0 Å². The highest BCUT2D eigenvalue weighted by molar-refractivity contribution is 7.09. The summed E-state index contributed by atoms with van der Waals surface area (Å²) in [5, 5.41) is 13.6. The van der Waals surface area contributed by atoms with Crippen LogP contribution in [-0.4, -0.2) is 30.5 Å². The molecule has 130 valence electrons. The van der Waals surface area contributed by atoms with E-state index in [9.17, 15) is 4.79 Å². The number of hydrogen-bond donors (Lipinski definition) is 1. The second-order valence-corrected chi connectivity index (χ2v) is 6.67. The van der Waals surface area contributed by atoms with Crippen molar-refractivity contribution in [2.45, 2.75) is 13.1 Å². The summed E-state index contributed by atoms with van der Waals surface area (Å²) in [5.41, 5.74) is 1.70. The SMILES string of the molecule is O=C(Cn1ccc(-c2cccnc2)n1)Nc1ccnn1Cc1cccs1. The first kappa shape index (κ1) is 16.2. The number of pyridine rings is 1. The van der Waals surface area contributed by atoms with E-state index >= 15 is 0 Å². The van der Waals surface area contributed by atoms with Gasteiger partial charge in [0.2, 0.25) is 5.91 Å². The number of nitrogens with one attached hydrogen (secondary N) is 1. The van der Waals surface area contributed by atoms with E-state index in [4.69, 9.17) is 0 Å². The highest BCUT2D eigenvalue weighted by atomic mass is 32.1. The molecule has 4 aromatic heterocycles. The lowest BCUT2D eigenvalue weighted by molar-refractivity contribution is -0.116. The maximum atomic E-state index is 12.4. The van der Waals surface area contributed by atoms with Gasteiger partial charge in [-0.25, -0.2) is 4.68 Å². The van der Waals surface area contributed by atoms with Crippen LogP contribution < -0.4 is 5.32 Å². The molecule has 0 aliphatic carbocycles. The molecule has 0 saturated carbocycles. The van der Waals surface area contributed by atoms with Crippen LogP contribution >= 0.6 is 11.3 Å². The molecule has 0 fully saturated rings. The zero-order valence-electron chi connectivity index (χ0n) is 13.8. The fourth-order valence-electron chi connectivity index (χ4n) is 2.56. The van der Waals surface area contributed by atoms with E-state index < -0.39 is 0 Å². The average Bonchev–Trinajstić information content (AvgIpc) is 3.40. The van der Waals surface area contributed by atoms with E-state index in [1.54, 1.807) is 51.6 Å². The van der Waals surface area contributed by atoms with Crippen LogP contribution in [0.2, 0.25) is 0 Å². The molecule has 0 unspecified atom stereocenters. The number of aromatic nitrogens is 5. The Morgan fingerprint density at radius 1 is 1.15 bits per heavy atom. The minimum absolute atomic E-state index is 0.129. The Morgan fingerprint density at radius 3 is 2.92 bits per heavy atom. The van der Waals surface area contributed by atoms with Crippen LogP contribution in [0.4, 0.5) is 5.82 Å². The molecule has 0 spiro atoms. The van der Waals surface area contributed by atoms with Gasteiger partial charge in [-0.1, -0.05) is 6.07 Å². The molecule has 8 heteroatoms. The van der Waals surface area contributed by atoms with E-state index in [0.717, 1.165) is 11.3 Å². The van der Waals surface area contributed by atoms with E-state index in [0.29, 0.717) is 12.4 Å². The maximum absolute atomic E-state index is 12.4. The second-order valence-electron chi connectivity index (χ2n) is 5.64. The molecule has 0 atom stereocenters.